The van der Waals surface area contributed by atoms with Crippen LogP contribution in [0.3, 0.4) is 0 Å². The highest BCUT2D eigenvalue weighted by Gasteiger charge is 2.23. The van der Waals surface area contributed by atoms with E-state index < -0.39 is 9.84 Å². The van der Waals surface area contributed by atoms with Crippen LogP contribution in [0.15, 0.2) is 70.9 Å². The Hall–Kier alpha value is -2.90. The van der Waals surface area contributed by atoms with Gasteiger partial charge in [-0.1, -0.05) is 24.3 Å². The molecule has 7 heteroatoms. The molecule has 4 rings (SSSR count). The number of ether oxygens (including phenoxy) is 1. The lowest BCUT2D eigenvalue weighted by Crippen LogP contribution is -2.33. The fraction of sp³-hybridized carbons (Fsp3) is 0.174. The number of nitrogens with one attached hydrogen (secondary N) is 1. The van der Waals surface area contributed by atoms with Gasteiger partial charge in [0.05, 0.1) is 11.4 Å². The van der Waals surface area contributed by atoms with E-state index in [9.17, 15) is 13.2 Å². The number of sulfone groups is 1. The summed E-state index contributed by atoms with van der Waals surface area (Å²) in [5, 5.41) is 4.85. The molecule has 2 aromatic carbocycles. The van der Waals surface area contributed by atoms with Gasteiger partial charge in [-0.05, 0) is 58.5 Å². The normalized spacial score (nSPS) is 15.7. The smallest absolute Gasteiger partial charge is 0.244 e. The zero-order valence-corrected chi connectivity index (χ0v) is 18.0. The Labute approximate surface area is 179 Å². The molecule has 1 amide bonds. The molecule has 0 saturated carbocycles. The van der Waals surface area contributed by atoms with Gasteiger partial charge >= 0.3 is 0 Å². The standard InChI is InChI=1S/C23H21NO4S2/c1-30(26,27)21-8-4-16(5-9-21)17-6-10-22-18(13-17)14-19(28-22)15-24-23(25)11-7-20-3-2-12-29-20/h2-13,19H,14-15H2,1H3,(H,24,25)/b11-7+. The summed E-state index contributed by atoms with van der Waals surface area (Å²) in [5.41, 5.74) is 3.02. The minimum absolute atomic E-state index is 0.109. The molecule has 0 bridgehead atoms. The van der Waals surface area contributed by atoms with Gasteiger partial charge in [-0.25, -0.2) is 8.42 Å². The number of hydrogen-bond acceptors (Lipinski definition) is 5. The first-order valence-corrected chi connectivity index (χ1v) is 12.2. The van der Waals surface area contributed by atoms with E-state index in [4.69, 9.17) is 4.74 Å². The molecule has 1 N–H and O–H groups in total. The minimum Gasteiger partial charge on any atom is -0.488 e. The summed E-state index contributed by atoms with van der Waals surface area (Å²) in [5.74, 6) is 0.675. The van der Waals surface area contributed by atoms with Crippen LogP contribution in [0.2, 0.25) is 0 Å². The highest BCUT2D eigenvalue weighted by Crippen LogP contribution is 2.33. The number of hydrogen-bond donors (Lipinski definition) is 1. The SMILES string of the molecule is CS(=O)(=O)c1ccc(-c2ccc3c(c2)CC(CNC(=O)/C=C/c2cccs2)O3)cc1. The van der Waals surface area contributed by atoms with Crippen LogP contribution in [0.4, 0.5) is 0 Å². The molecule has 0 fully saturated rings. The fourth-order valence-electron chi connectivity index (χ4n) is 3.33. The lowest BCUT2D eigenvalue weighted by molar-refractivity contribution is -0.116. The van der Waals surface area contributed by atoms with Gasteiger partial charge in [0.15, 0.2) is 9.84 Å². The predicted molar refractivity (Wildman–Crippen MR) is 119 cm³/mol. The Morgan fingerprint density at radius 1 is 1.17 bits per heavy atom. The lowest BCUT2D eigenvalue weighted by atomic mass is 10.0. The molecule has 1 aliphatic rings. The van der Waals surface area contributed by atoms with Crippen molar-refractivity contribution in [2.75, 3.05) is 12.8 Å². The molecule has 154 valence electrons. The van der Waals surface area contributed by atoms with Crippen molar-refractivity contribution in [1.82, 2.24) is 5.32 Å². The van der Waals surface area contributed by atoms with Crippen LogP contribution in [0.1, 0.15) is 10.4 Å². The quantitative estimate of drug-likeness (QED) is 0.591. The van der Waals surface area contributed by atoms with Crippen molar-refractivity contribution < 1.29 is 17.9 Å². The van der Waals surface area contributed by atoms with E-state index in [2.05, 4.69) is 11.4 Å². The summed E-state index contributed by atoms with van der Waals surface area (Å²) < 4.78 is 29.2. The fourth-order valence-corrected chi connectivity index (χ4v) is 4.57. The second-order valence-electron chi connectivity index (χ2n) is 7.16. The monoisotopic (exact) mass is 439 g/mol. The van der Waals surface area contributed by atoms with Gasteiger partial charge in [-0.3, -0.25) is 4.79 Å². The molecular weight excluding hydrogens is 418 g/mol. The van der Waals surface area contributed by atoms with Crippen LogP contribution in [0.25, 0.3) is 17.2 Å². The number of carbonyl (C=O) groups excluding carboxylic acids is 1. The van der Waals surface area contributed by atoms with Crippen LogP contribution in [-0.4, -0.2) is 33.2 Å². The van der Waals surface area contributed by atoms with Crippen LogP contribution >= 0.6 is 11.3 Å². The Balaban J connectivity index is 1.37. The molecule has 0 spiro atoms. The first-order chi connectivity index (χ1) is 14.4. The largest absolute Gasteiger partial charge is 0.488 e. The number of rotatable bonds is 6. The molecule has 2 heterocycles. The molecule has 0 radical (unpaired) electrons. The number of fused-ring (bicyclic) bond motifs is 1. The Bertz CT molecular complexity index is 1180. The van der Waals surface area contributed by atoms with Gasteiger partial charge in [0.2, 0.25) is 5.91 Å². The van der Waals surface area contributed by atoms with E-state index in [1.54, 1.807) is 29.5 Å². The van der Waals surface area contributed by atoms with Crippen molar-refractivity contribution in [3.63, 3.8) is 0 Å². The van der Waals surface area contributed by atoms with Crippen molar-refractivity contribution in [2.24, 2.45) is 0 Å². The van der Waals surface area contributed by atoms with E-state index in [0.717, 1.165) is 27.3 Å². The molecule has 1 aliphatic heterocycles. The zero-order valence-electron chi connectivity index (χ0n) is 16.4. The summed E-state index contributed by atoms with van der Waals surface area (Å²) in [4.78, 5) is 13.4. The van der Waals surface area contributed by atoms with E-state index in [0.29, 0.717) is 17.9 Å². The molecular formula is C23H21NO4S2. The Kier molecular flexibility index (Phi) is 5.74. The van der Waals surface area contributed by atoms with Gasteiger partial charge in [-0.2, -0.15) is 0 Å². The molecule has 1 unspecified atom stereocenters. The first kappa shape index (κ1) is 20.4. The zero-order chi connectivity index (χ0) is 21.1. The number of thiophene rings is 1. The summed E-state index contributed by atoms with van der Waals surface area (Å²) in [7, 11) is -3.21. The predicted octanol–water partition coefficient (Wildman–Crippen LogP) is 3.95. The maximum absolute atomic E-state index is 12.0. The third-order valence-corrected chi connectivity index (χ3v) is 6.83. The third-order valence-electron chi connectivity index (χ3n) is 4.86. The van der Waals surface area contributed by atoms with Crippen molar-refractivity contribution in [3.8, 4) is 16.9 Å². The van der Waals surface area contributed by atoms with Crippen molar-refractivity contribution in [2.45, 2.75) is 17.4 Å². The molecule has 0 aliphatic carbocycles. The van der Waals surface area contributed by atoms with E-state index in [1.807, 2.05) is 41.8 Å². The van der Waals surface area contributed by atoms with Crippen LogP contribution in [-0.2, 0) is 21.1 Å². The van der Waals surface area contributed by atoms with Gasteiger partial charge in [0.25, 0.3) is 0 Å². The van der Waals surface area contributed by atoms with Crippen molar-refractivity contribution >= 4 is 33.2 Å². The van der Waals surface area contributed by atoms with Gasteiger partial charge in [-0.15, -0.1) is 11.3 Å². The highest BCUT2D eigenvalue weighted by molar-refractivity contribution is 7.90. The minimum atomic E-state index is -3.21. The molecule has 1 aromatic heterocycles. The van der Waals surface area contributed by atoms with E-state index in [1.165, 1.54) is 12.3 Å². The number of benzene rings is 2. The summed E-state index contributed by atoms with van der Waals surface area (Å²) in [6.07, 6.45) is 5.13. The summed E-state index contributed by atoms with van der Waals surface area (Å²) in [6.45, 7) is 0.431. The van der Waals surface area contributed by atoms with Crippen molar-refractivity contribution in [1.29, 1.82) is 0 Å². The Morgan fingerprint density at radius 3 is 2.63 bits per heavy atom. The number of amides is 1. The average molecular weight is 440 g/mol. The van der Waals surface area contributed by atoms with Gasteiger partial charge < -0.3 is 10.1 Å². The van der Waals surface area contributed by atoms with Crippen molar-refractivity contribution in [3.05, 3.63) is 76.5 Å². The molecule has 0 saturated heterocycles. The maximum atomic E-state index is 12.0. The summed E-state index contributed by atoms with van der Waals surface area (Å²) in [6, 6.07) is 16.7. The first-order valence-electron chi connectivity index (χ1n) is 9.48. The van der Waals surface area contributed by atoms with Gasteiger partial charge in [0.1, 0.15) is 11.9 Å². The molecule has 30 heavy (non-hydrogen) atoms. The molecule has 3 aromatic rings. The molecule has 5 nitrogen and oxygen atoms in total. The van der Waals surface area contributed by atoms with Crippen LogP contribution in [0.5, 0.6) is 5.75 Å². The van der Waals surface area contributed by atoms with E-state index in [-0.39, 0.29) is 12.0 Å². The second kappa shape index (κ2) is 8.45. The van der Waals surface area contributed by atoms with Crippen LogP contribution < -0.4 is 10.1 Å². The average Bonchev–Trinajstić information content (AvgIpc) is 3.39. The summed E-state index contributed by atoms with van der Waals surface area (Å²) >= 11 is 1.58. The second-order valence-corrected chi connectivity index (χ2v) is 10.2. The highest BCUT2D eigenvalue weighted by atomic mass is 32.2. The maximum Gasteiger partial charge on any atom is 0.244 e. The topological polar surface area (TPSA) is 72.5 Å². The number of carbonyl (C=O) groups is 1. The van der Waals surface area contributed by atoms with E-state index >= 15 is 0 Å². The third kappa shape index (κ3) is 4.80. The Morgan fingerprint density at radius 2 is 1.93 bits per heavy atom. The lowest BCUT2D eigenvalue weighted by Gasteiger charge is -2.10. The van der Waals surface area contributed by atoms with Crippen LogP contribution in [0, 0.1) is 0 Å². The van der Waals surface area contributed by atoms with Gasteiger partial charge in [0, 0.05) is 23.6 Å². The molecule has 1 atom stereocenters.